The van der Waals surface area contributed by atoms with Crippen molar-refractivity contribution in [2.75, 3.05) is 19.6 Å². The maximum absolute atomic E-state index is 12.7. The van der Waals surface area contributed by atoms with Gasteiger partial charge in [-0.05, 0) is 44.0 Å². The molecule has 2 unspecified atom stereocenters. The average Bonchev–Trinajstić information content (AvgIpc) is 2.53. The number of piperidine rings is 1. The molecule has 2 atom stereocenters. The lowest BCUT2D eigenvalue weighted by Crippen LogP contribution is -2.46. The van der Waals surface area contributed by atoms with Gasteiger partial charge in [-0.2, -0.15) is 4.31 Å². The van der Waals surface area contributed by atoms with Crippen molar-refractivity contribution in [1.82, 2.24) is 9.62 Å². The molecule has 0 aromatic heterocycles. The third kappa shape index (κ3) is 4.76. The molecule has 8 heteroatoms. The van der Waals surface area contributed by atoms with Crippen LogP contribution in [0.4, 0.5) is 0 Å². The molecule has 1 aliphatic heterocycles. The smallest absolute Gasteiger partial charge is 0.243 e. The molecule has 0 bridgehead atoms. The summed E-state index contributed by atoms with van der Waals surface area (Å²) in [6.07, 6.45) is 0.672. The first-order valence-corrected chi connectivity index (χ1v) is 9.75. The quantitative estimate of drug-likeness (QED) is 0.775. The molecule has 1 aromatic rings. The highest BCUT2D eigenvalue weighted by atomic mass is 79.9. The topological polar surface area (TPSA) is 86.7 Å². The number of rotatable bonds is 5. The van der Waals surface area contributed by atoms with E-state index in [4.69, 9.17) is 0 Å². The molecule has 6 nitrogen and oxygen atoms in total. The zero-order chi connectivity index (χ0) is 17.0. The van der Waals surface area contributed by atoms with Gasteiger partial charge in [0.1, 0.15) is 0 Å². The van der Waals surface area contributed by atoms with Gasteiger partial charge in [0, 0.05) is 24.1 Å². The molecular weight excluding hydrogens is 384 g/mol. The maximum Gasteiger partial charge on any atom is 0.243 e. The van der Waals surface area contributed by atoms with Crippen LogP contribution in [-0.4, -0.2) is 49.5 Å². The summed E-state index contributed by atoms with van der Waals surface area (Å²) in [5.41, 5.74) is 0. The van der Waals surface area contributed by atoms with Crippen LogP contribution < -0.4 is 5.32 Å². The normalized spacial score (nSPS) is 20.9. The summed E-state index contributed by atoms with van der Waals surface area (Å²) in [6, 6.07) is 6.47. The van der Waals surface area contributed by atoms with E-state index in [-0.39, 0.29) is 29.8 Å². The summed E-state index contributed by atoms with van der Waals surface area (Å²) in [5, 5.41) is 11.9. The minimum absolute atomic E-state index is 0.171. The predicted molar refractivity (Wildman–Crippen MR) is 90.3 cm³/mol. The third-order valence-electron chi connectivity index (χ3n) is 3.78. The van der Waals surface area contributed by atoms with Gasteiger partial charge in [-0.25, -0.2) is 8.42 Å². The molecule has 0 radical (unpaired) electrons. The fourth-order valence-corrected chi connectivity index (χ4v) is 4.31. The highest BCUT2D eigenvalue weighted by Gasteiger charge is 2.33. The van der Waals surface area contributed by atoms with E-state index >= 15 is 0 Å². The van der Waals surface area contributed by atoms with Crippen LogP contribution in [0.5, 0.6) is 0 Å². The van der Waals surface area contributed by atoms with Crippen LogP contribution in [0.2, 0.25) is 0 Å². The molecule has 2 rings (SSSR count). The number of hydrogen-bond acceptors (Lipinski definition) is 4. The van der Waals surface area contributed by atoms with E-state index in [0.29, 0.717) is 19.4 Å². The SMILES string of the molecule is CC(O)CNC(=O)C1CCCN(S(=O)(=O)c2ccc(Br)cc2)C1. The van der Waals surface area contributed by atoms with E-state index in [9.17, 15) is 18.3 Å². The standard InChI is InChI=1S/C15H21BrN2O4S/c1-11(19)9-17-15(20)12-3-2-8-18(10-12)23(21,22)14-6-4-13(16)5-7-14/h4-7,11-12,19H,2-3,8-10H2,1H3,(H,17,20). The summed E-state index contributed by atoms with van der Waals surface area (Å²) < 4.78 is 27.5. The summed E-state index contributed by atoms with van der Waals surface area (Å²) >= 11 is 3.28. The van der Waals surface area contributed by atoms with Crippen LogP contribution in [0, 0.1) is 5.92 Å². The summed E-state index contributed by atoms with van der Waals surface area (Å²) in [5.74, 6) is -0.589. The Labute approximate surface area is 145 Å². The lowest BCUT2D eigenvalue weighted by Gasteiger charge is -2.31. The second-order valence-electron chi connectivity index (χ2n) is 5.75. The molecular formula is C15H21BrN2O4S. The van der Waals surface area contributed by atoms with Crippen molar-refractivity contribution in [2.45, 2.75) is 30.8 Å². The van der Waals surface area contributed by atoms with E-state index in [1.807, 2.05) is 0 Å². The van der Waals surface area contributed by atoms with Gasteiger partial charge in [0.2, 0.25) is 15.9 Å². The monoisotopic (exact) mass is 404 g/mol. The Morgan fingerprint density at radius 2 is 2.09 bits per heavy atom. The van der Waals surface area contributed by atoms with Crippen molar-refractivity contribution in [2.24, 2.45) is 5.92 Å². The van der Waals surface area contributed by atoms with E-state index < -0.39 is 16.1 Å². The molecule has 1 fully saturated rings. The summed E-state index contributed by atoms with van der Waals surface area (Å²) in [7, 11) is -3.59. The Balaban J connectivity index is 2.08. The molecule has 0 spiro atoms. The fraction of sp³-hybridized carbons (Fsp3) is 0.533. The van der Waals surface area contributed by atoms with Gasteiger partial charge >= 0.3 is 0 Å². The number of hydrogen-bond donors (Lipinski definition) is 2. The van der Waals surface area contributed by atoms with Crippen LogP contribution in [0.25, 0.3) is 0 Å². The zero-order valence-corrected chi connectivity index (χ0v) is 15.3. The number of carbonyl (C=O) groups is 1. The third-order valence-corrected chi connectivity index (χ3v) is 6.19. The number of amides is 1. The zero-order valence-electron chi connectivity index (χ0n) is 12.9. The second-order valence-corrected chi connectivity index (χ2v) is 8.60. The van der Waals surface area contributed by atoms with Crippen molar-refractivity contribution < 1.29 is 18.3 Å². The van der Waals surface area contributed by atoms with Crippen LogP contribution in [0.1, 0.15) is 19.8 Å². The number of carbonyl (C=O) groups excluding carboxylic acids is 1. The highest BCUT2D eigenvalue weighted by molar-refractivity contribution is 9.10. The predicted octanol–water partition coefficient (Wildman–Crippen LogP) is 1.35. The van der Waals surface area contributed by atoms with Gasteiger partial charge in [0.05, 0.1) is 16.9 Å². The van der Waals surface area contributed by atoms with Gasteiger partial charge in [0.15, 0.2) is 0 Å². The number of nitrogens with zero attached hydrogens (tertiary/aromatic N) is 1. The number of aliphatic hydroxyl groups excluding tert-OH is 1. The molecule has 1 aromatic carbocycles. The van der Waals surface area contributed by atoms with Crippen LogP contribution in [0.3, 0.4) is 0 Å². The lowest BCUT2D eigenvalue weighted by molar-refractivity contribution is -0.126. The van der Waals surface area contributed by atoms with Gasteiger partial charge in [-0.3, -0.25) is 4.79 Å². The minimum atomic E-state index is -3.59. The number of aliphatic hydroxyl groups is 1. The summed E-state index contributed by atoms with van der Waals surface area (Å²) in [6.45, 7) is 2.35. The first-order chi connectivity index (χ1) is 10.8. The summed E-state index contributed by atoms with van der Waals surface area (Å²) in [4.78, 5) is 12.3. The van der Waals surface area contributed by atoms with Gasteiger partial charge < -0.3 is 10.4 Å². The van der Waals surface area contributed by atoms with E-state index in [1.54, 1.807) is 31.2 Å². The van der Waals surface area contributed by atoms with Gasteiger partial charge in [0.25, 0.3) is 0 Å². The highest BCUT2D eigenvalue weighted by Crippen LogP contribution is 2.24. The Morgan fingerprint density at radius 3 is 2.70 bits per heavy atom. The largest absolute Gasteiger partial charge is 0.392 e. The fourth-order valence-electron chi connectivity index (χ4n) is 2.52. The van der Waals surface area contributed by atoms with Crippen molar-refractivity contribution in [3.8, 4) is 0 Å². The molecule has 0 aliphatic carbocycles. The minimum Gasteiger partial charge on any atom is -0.392 e. The molecule has 0 saturated carbocycles. The van der Waals surface area contributed by atoms with Crippen molar-refractivity contribution >= 4 is 31.9 Å². The number of benzene rings is 1. The Morgan fingerprint density at radius 1 is 1.43 bits per heavy atom. The molecule has 23 heavy (non-hydrogen) atoms. The molecule has 128 valence electrons. The second kappa shape index (κ2) is 7.74. The van der Waals surface area contributed by atoms with E-state index in [0.717, 1.165) is 4.47 Å². The van der Waals surface area contributed by atoms with Crippen molar-refractivity contribution in [3.05, 3.63) is 28.7 Å². The Hall–Kier alpha value is -0.960. The first-order valence-electron chi connectivity index (χ1n) is 7.52. The number of sulfonamides is 1. The molecule has 1 aliphatic rings. The van der Waals surface area contributed by atoms with Crippen LogP contribution in [0.15, 0.2) is 33.6 Å². The van der Waals surface area contributed by atoms with Gasteiger partial charge in [-0.15, -0.1) is 0 Å². The maximum atomic E-state index is 12.7. The van der Waals surface area contributed by atoms with Crippen molar-refractivity contribution in [1.29, 1.82) is 0 Å². The first kappa shape index (κ1) is 18.4. The van der Waals surface area contributed by atoms with E-state index in [2.05, 4.69) is 21.2 Å². The van der Waals surface area contributed by atoms with Crippen LogP contribution >= 0.6 is 15.9 Å². The van der Waals surface area contributed by atoms with Crippen molar-refractivity contribution in [3.63, 3.8) is 0 Å². The lowest BCUT2D eigenvalue weighted by atomic mass is 9.99. The Bertz CT molecular complexity index is 646. The Kier molecular flexibility index (Phi) is 6.19. The number of nitrogens with one attached hydrogen (secondary N) is 1. The average molecular weight is 405 g/mol. The molecule has 1 saturated heterocycles. The molecule has 1 amide bonds. The molecule has 1 heterocycles. The number of halogens is 1. The van der Waals surface area contributed by atoms with Crippen LogP contribution in [-0.2, 0) is 14.8 Å². The molecule has 2 N–H and O–H groups in total. The van der Waals surface area contributed by atoms with E-state index in [1.165, 1.54) is 4.31 Å². The van der Waals surface area contributed by atoms with Gasteiger partial charge in [-0.1, -0.05) is 15.9 Å².